The molecule has 0 radical (unpaired) electrons. The molecule has 0 amide bonds. The lowest BCUT2D eigenvalue weighted by atomic mass is 9.79. The van der Waals surface area contributed by atoms with Gasteiger partial charge in [-0.25, -0.2) is 0 Å². The molecule has 3 nitrogen and oxygen atoms in total. The van der Waals surface area contributed by atoms with E-state index >= 15 is 0 Å². The summed E-state index contributed by atoms with van der Waals surface area (Å²) in [7, 11) is 0. The Morgan fingerprint density at radius 1 is 1.15 bits per heavy atom. The standard InChI is InChI=1S/C23H32N2O/c1-17-5-3-7-22(13-17)26-23-8-4-6-20(14-23)18(2)15-25-16-19-9-11-21(24)12-10-19/h3,5,7,9-13,18,20,23,25H,4,6,8,14-16,24H2,1-2H3. The number of nitrogen functional groups attached to an aromatic ring is 1. The normalized spacial score (nSPS) is 21.3. The Balaban J connectivity index is 1.45. The Kier molecular flexibility index (Phi) is 6.56. The summed E-state index contributed by atoms with van der Waals surface area (Å²) in [6, 6.07) is 16.5. The maximum absolute atomic E-state index is 6.27. The summed E-state index contributed by atoms with van der Waals surface area (Å²) in [6.45, 7) is 6.44. The van der Waals surface area contributed by atoms with Gasteiger partial charge in [-0.15, -0.1) is 0 Å². The van der Waals surface area contributed by atoms with Crippen LogP contribution in [0.4, 0.5) is 5.69 Å². The van der Waals surface area contributed by atoms with E-state index in [0.717, 1.165) is 30.4 Å². The number of anilines is 1. The first-order valence-electron chi connectivity index (χ1n) is 9.88. The van der Waals surface area contributed by atoms with Gasteiger partial charge >= 0.3 is 0 Å². The molecule has 3 heteroatoms. The Hall–Kier alpha value is -2.00. The lowest BCUT2D eigenvalue weighted by molar-refractivity contribution is 0.102. The van der Waals surface area contributed by atoms with Gasteiger partial charge in [-0.2, -0.15) is 0 Å². The molecule has 3 N–H and O–H groups in total. The number of aryl methyl sites for hydroxylation is 1. The molecule has 0 saturated heterocycles. The molecule has 3 atom stereocenters. The lowest BCUT2D eigenvalue weighted by Gasteiger charge is -2.33. The maximum Gasteiger partial charge on any atom is 0.119 e. The zero-order valence-corrected chi connectivity index (χ0v) is 16.1. The van der Waals surface area contributed by atoms with E-state index in [1.165, 1.54) is 36.8 Å². The molecule has 26 heavy (non-hydrogen) atoms. The average molecular weight is 353 g/mol. The smallest absolute Gasteiger partial charge is 0.119 e. The molecular formula is C23H32N2O. The van der Waals surface area contributed by atoms with Gasteiger partial charge in [0.1, 0.15) is 5.75 Å². The van der Waals surface area contributed by atoms with E-state index in [-0.39, 0.29) is 0 Å². The van der Waals surface area contributed by atoms with Crippen molar-refractivity contribution in [2.24, 2.45) is 11.8 Å². The molecule has 1 fully saturated rings. The molecule has 1 aliphatic rings. The van der Waals surface area contributed by atoms with Crippen molar-refractivity contribution in [2.45, 2.75) is 52.2 Å². The molecule has 0 aliphatic heterocycles. The van der Waals surface area contributed by atoms with E-state index < -0.39 is 0 Å². The van der Waals surface area contributed by atoms with Gasteiger partial charge in [0.05, 0.1) is 6.10 Å². The van der Waals surface area contributed by atoms with Gasteiger partial charge in [0.25, 0.3) is 0 Å². The molecule has 2 aromatic rings. The Labute approximate surface area is 158 Å². The minimum Gasteiger partial charge on any atom is -0.490 e. The fourth-order valence-corrected chi connectivity index (χ4v) is 3.93. The predicted octanol–water partition coefficient (Wildman–Crippen LogP) is 4.94. The third-order valence-electron chi connectivity index (χ3n) is 5.54. The van der Waals surface area contributed by atoms with Crippen LogP contribution in [-0.4, -0.2) is 12.6 Å². The zero-order valence-electron chi connectivity index (χ0n) is 16.1. The molecule has 1 saturated carbocycles. The van der Waals surface area contributed by atoms with Gasteiger partial charge in [-0.05, 0) is 86.4 Å². The summed E-state index contributed by atoms with van der Waals surface area (Å²) in [5.74, 6) is 2.41. The van der Waals surface area contributed by atoms with Crippen LogP contribution in [0, 0.1) is 18.8 Å². The highest BCUT2D eigenvalue weighted by atomic mass is 16.5. The van der Waals surface area contributed by atoms with Crippen LogP contribution in [0.2, 0.25) is 0 Å². The Morgan fingerprint density at radius 3 is 2.73 bits per heavy atom. The summed E-state index contributed by atoms with van der Waals surface area (Å²) in [5.41, 5.74) is 9.12. The van der Waals surface area contributed by atoms with Gasteiger partial charge in [-0.1, -0.05) is 31.2 Å². The fraction of sp³-hybridized carbons (Fsp3) is 0.478. The largest absolute Gasteiger partial charge is 0.490 e. The number of nitrogens with two attached hydrogens (primary N) is 1. The number of ether oxygens (including phenoxy) is 1. The quantitative estimate of drug-likeness (QED) is 0.694. The molecule has 1 aliphatic carbocycles. The van der Waals surface area contributed by atoms with E-state index in [4.69, 9.17) is 10.5 Å². The molecule has 0 aromatic heterocycles. The van der Waals surface area contributed by atoms with E-state index in [2.05, 4.69) is 55.6 Å². The minimum absolute atomic E-state index is 0.357. The van der Waals surface area contributed by atoms with E-state index in [1.807, 2.05) is 12.1 Å². The van der Waals surface area contributed by atoms with Crippen LogP contribution in [0.15, 0.2) is 48.5 Å². The van der Waals surface area contributed by atoms with Crippen LogP contribution in [0.1, 0.15) is 43.7 Å². The predicted molar refractivity (Wildman–Crippen MR) is 109 cm³/mol. The van der Waals surface area contributed by atoms with Crippen molar-refractivity contribution >= 4 is 5.69 Å². The lowest BCUT2D eigenvalue weighted by Crippen LogP contribution is -2.33. The summed E-state index contributed by atoms with van der Waals surface area (Å²) in [4.78, 5) is 0. The van der Waals surface area contributed by atoms with E-state index in [0.29, 0.717) is 12.0 Å². The first-order chi connectivity index (χ1) is 12.6. The van der Waals surface area contributed by atoms with Gasteiger partial charge < -0.3 is 15.8 Å². The first-order valence-corrected chi connectivity index (χ1v) is 9.88. The van der Waals surface area contributed by atoms with Gasteiger partial charge in [0.2, 0.25) is 0 Å². The van der Waals surface area contributed by atoms with Crippen LogP contribution in [-0.2, 0) is 6.54 Å². The third kappa shape index (κ3) is 5.50. The van der Waals surface area contributed by atoms with Crippen LogP contribution in [0.3, 0.4) is 0 Å². The number of benzene rings is 2. The molecule has 0 heterocycles. The third-order valence-corrected chi connectivity index (χ3v) is 5.54. The van der Waals surface area contributed by atoms with Gasteiger partial charge in [0, 0.05) is 12.2 Å². The highest BCUT2D eigenvalue weighted by Crippen LogP contribution is 2.32. The van der Waals surface area contributed by atoms with Crippen LogP contribution in [0.5, 0.6) is 5.75 Å². The van der Waals surface area contributed by atoms with Crippen molar-refractivity contribution in [3.05, 3.63) is 59.7 Å². The number of nitrogens with one attached hydrogen (secondary N) is 1. The molecule has 3 rings (SSSR count). The van der Waals surface area contributed by atoms with Crippen LogP contribution in [0.25, 0.3) is 0 Å². The second kappa shape index (κ2) is 9.09. The van der Waals surface area contributed by atoms with Crippen molar-refractivity contribution in [2.75, 3.05) is 12.3 Å². The van der Waals surface area contributed by atoms with Crippen molar-refractivity contribution in [3.8, 4) is 5.75 Å². The number of hydrogen-bond acceptors (Lipinski definition) is 3. The molecular weight excluding hydrogens is 320 g/mol. The second-order valence-corrected chi connectivity index (χ2v) is 7.83. The van der Waals surface area contributed by atoms with Crippen molar-refractivity contribution < 1.29 is 4.74 Å². The topological polar surface area (TPSA) is 47.3 Å². The SMILES string of the molecule is Cc1cccc(OC2CCCC(C(C)CNCc3ccc(N)cc3)C2)c1. The molecule has 140 valence electrons. The Morgan fingerprint density at radius 2 is 1.96 bits per heavy atom. The summed E-state index contributed by atoms with van der Waals surface area (Å²) >= 11 is 0. The second-order valence-electron chi connectivity index (χ2n) is 7.83. The van der Waals surface area contributed by atoms with Crippen molar-refractivity contribution in [1.29, 1.82) is 0 Å². The fourth-order valence-electron chi connectivity index (χ4n) is 3.93. The zero-order chi connectivity index (χ0) is 18.4. The monoisotopic (exact) mass is 352 g/mol. The van der Waals surface area contributed by atoms with Crippen molar-refractivity contribution in [3.63, 3.8) is 0 Å². The summed E-state index contributed by atoms with van der Waals surface area (Å²) in [5, 5.41) is 3.61. The van der Waals surface area contributed by atoms with Crippen molar-refractivity contribution in [1.82, 2.24) is 5.32 Å². The maximum atomic E-state index is 6.27. The summed E-state index contributed by atoms with van der Waals surface area (Å²) in [6.07, 6.45) is 5.28. The summed E-state index contributed by atoms with van der Waals surface area (Å²) < 4.78 is 6.27. The van der Waals surface area contributed by atoms with Crippen LogP contribution < -0.4 is 15.8 Å². The highest BCUT2D eigenvalue weighted by molar-refractivity contribution is 5.39. The van der Waals surface area contributed by atoms with E-state index in [9.17, 15) is 0 Å². The first kappa shape index (κ1) is 18.8. The minimum atomic E-state index is 0.357. The Bertz CT molecular complexity index is 683. The average Bonchev–Trinajstić information content (AvgIpc) is 2.63. The molecule has 2 aromatic carbocycles. The van der Waals surface area contributed by atoms with Gasteiger partial charge in [-0.3, -0.25) is 0 Å². The van der Waals surface area contributed by atoms with E-state index in [1.54, 1.807) is 0 Å². The highest BCUT2D eigenvalue weighted by Gasteiger charge is 2.27. The molecule has 3 unspecified atom stereocenters. The molecule has 0 bridgehead atoms. The van der Waals surface area contributed by atoms with Crippen LogP contribution >= 0.6 is 0 Å². The van der Waals surface area contributed by atoms with Gasteiger partial charge in [0.15, 0.2) is 0 Å². The number of rotatable bonds is 7. The molecule has 0 spiro atoms. The number of hydrogen-bond donors (Lipinski definition) is 2.